The van der Waals surface area contributed by atoms with Crippen molar-refractivity contribution in [2.75, 3.05) is 0 Å². The minimum Gasteiger partial charge on any atom is -0.458 e. The van der Waals surface area contributed by atoms with E-state index in [0.29, 0.717) is 0 Å². The van der Waals surface area contributed by atoms with Crippen molar-refractivity contribution in [3.05, 3.63) is 0 Å². The van der Waals surface area contributed by atoms with E-state index >= 15 is 0 Å². The van der Waals surface area contributed by atoms with Crippen LogP contribution in [0.1, 0.15) is 41.0 Å². The van der Waals surface area contributed by atoms with Gasteiger partial charge in [0.2, 0.25) is 0 Å². The molecule has 0 heterocycles. The Kier molecular flexibility index (Phi) is 7.54. The summed E-state index contributed by atoms with van der Waals surface area (Å²) in [5.74, 6) is -3.56. The van der Waals surface area contributed by atoms with Gasteiger partial charge in [0.25, 0.3) is 0 Å². The summed E-state index contributed by atoms with van der Waals surface area (Å²) >= 11 is 0. The fraction of sp³-hybridized carbons (Fsp3) is 0.688. The summed E-state index contributed by atoms with van der Waals surface area (Å²) in [7, 11) is 0. The molecule has 5 atom stereocenters. The van der Waals surface area contributed by atoms with Gasteiger partial charge in [-0.2, -0.15) is 0 Å². The van der Waals surface area contributed by atoms with Crippen LogP contribution < -0.4 is 0 Å². The average molecular weight is 374 g/mol. The van der Waals surface area contributed by atoms with Crippen LogP contribution in [-0.4, -0.2) is 60.4 Å². The second kappa shape index (κ2) is 9.16. The third kappa shape index (κ3) is 6.34. The Morgan fingerprint density at radius 2 is 0.769 bits per heavy atom. The van der Waals surface area contributed by atoms with Gasteiger partial charge in [-0.3, -0.25) is 24.0 Å². The molecule has 0 aromatic carbocycles. The zero-order valence-electron chi connectivity index (χ0n) is 15.2. The van der Waals surface area contributed by atoms with E-state index in [4.69, 9.17) is 23.7 Å². The van der Waals surface area contributed by atoms with Gasteiger partial charge in [0.05, 0.1) is 0 Å². The van der Waals surface area contributed by atoms with Crippen LogP contribution in [0.4, 0.5) is 0 Å². The lowest BCUT2D eigenvalue weighted by atomic mass is 9.86. The molecule has 1 saturated carbocycles. The molecule has 0 N–H and O–H groups in total. The number of rotatable bonds is 5. The zero-order chi connectivity index (χ0) is 20.0. The molecular weight excluding hydrogens is 352 g/mol. The molecule has 1 unspecified atom stereocenters. The van der Waals surface area contributed by atoms with Crippen LogP contribution in [0.5, 0.6) is 0 Å². The lowest BCUT2D eigenvalue weighted by Crippen LogP contribution is -2.61. The van der Waals surface area contributed by atoms with E-state index in [2.05, 4.69) is 0 Å². The lowest BCUT2D eigenvalue weighted by Gasteiger charge is -2.43. The van der Waals surface area contributed by atoms with E-state index in [1.807, 2.05) is 0 Å². The molecule has 0 aliphatic heterocycles. The Balaban J connectivity index is 3.32. The van der Waals surface area contributed by atoms with Crippen molar-refractivity contribution < 1.29 is 47.7 Å². The molecule has 10 heteroatoms. The normalized spacial score (nSPS) is 27.7. The predicted molar refractivity (Wildman–Crippen MR) is 82.4 cm³/mol. The maximum Gasteiger partial charge on any atom is 0.303 e. The van der Waals surface area contributed by atoms with Crippen molar-refractivity contribution in [3.8, 4) is 0 Å². The highest BCUT2D eigenvalue weighted by molar-refractivity contribution is 5.70. The maximum atomic E-state index is 11.5. The van der Waals surface area contributed by atoms with Gasteiger partial charge in [-0.15, -0.1) is 0 Å². The second-order valence-electron chi connectivity index (χ2n) is 5.75. The average Bonchev–Trinajstić information content (AvgIpc) is 2.44. The minimum atomic E-state index is -1.33. The molecule has 1 aliphatic rings. The molecule has 1 fully saturated rings. The van der Waals surface area contributed by atoms with Crippen molar-refractivity contribution in [3.63, 3.8) is 0 Å². The standard InChI is InChI=1S/C16H22O10/c1-7(17)22-12-6-13(23-8(2)18)15(25-10(4)20)16(26-11(5)21)14(12)24-9(3)19/h12-16H,6H2,1-5H3/t12-,13-,14-,15+,16?/m0/s1. The molecule has 0 spiro atoms. The molecule has 0 aromatic heterocycles. The molecule has 26 heavy (non-hydrogen) atoms. The summed E-state index contributed by atoms with van der Waals surface area (Å²) in [5.41, 5.74) is 0. The summed E-state index contributed by atoms with van der Waals surface area (Å²) < 4.78 is 25.8. The Morgan fingerprint density at radius 1 is 0.500 bits per heavy atom. The van der Waals surface area contributed by atoms with Crippen LogP contribution in [0.15, 0.2) is 0 Å². The van der Waals surface area contributed by atoms with E-state index in [0.717, 1.165) is 34.6 Å². The first-order valence-electron chi connectivity index (χ1n) is 7.87. The van der Waals surface area contributed by atoms with Crippen molar-refractivity contribution in [2.24, 2.45) is 0 Å². The van der Waals surface area contributed by atoms with Crippen molar-refractivity contribution in [1.29, 1.82) is 0 Å². The van der Waals surface area contributed by atoms with Gasteiger partial charge >= 0.3 is 29.8 Å². The molecule has 10 nitrogen and oxygen atoms in total. The van der Waals surface area contributed by atoms with Gasteiger partial charge in [-0.25, -0.2) is 0 Å². The van der Waals surface area contributed by atoms with Gasteiger partial charge in [-0.05, 0) is 0 Å². The quantitative estimate of drug-likeness (QED) is 0.480. The topological polar surface area (TPSA) is 132 Å². The van der Waals surface area contributed by atoms with Gasteiger partial charge < -0.3 is 23.7 Å². The van der Waals surface area contributed by atoms with Gasteiger partial charge in [0.15, 0.2) is 18.3 Å². The summed E-state index contributed by atoms with van der Waals surface area (Å²) in [6, 6.07) is 0. The van der Waals surface area contributed by atoms with Crippen LogP contribution in [0, 0.1) is 0 Å². The Bertz CT molecular complexity index is 542. The lowest BCUT2D eigenvalue weighted by molar-refractivity contribution is -0.230. The SMILES string of the molecule is CC(=O)OC1[C@@H](OC(C)=O)[C@@H](OC(C)=O)C[C@H](OC(C)=O)[C@H]1OC(C)=O. The number of ether oxygens (including phenoxy) is 5. The van der Waals surface area contributed by atoms with Crippen LogP contribution in [0.25, 0.3) is 0 Å². The first-order chi connectivity index (χ1) is 12.0. The van der Waals surface area contributed by atoms with E-state index in [1.54, 1.807) is 0 Å². The molecule has 1 aliphatic carbocycles. The van der Waals surface area contributed by atoms with Crippen LogP contribution in [0.3, 0.4) is 0 Å². The number of carbonyl (C=O) groups excluding carboxylic acids is 5. The first kappa shape index (κ1) is 21.4. The number of hydrogen-bond donors (Lipinski definition) is 0. The van der Waals surface area contributed by atoms with Crippen LogP contribution in [-0.2, 0) is 47.7 Å². The van der Waals surface area contributed by atoms with Crippen molar-refractivity contribution in [1.82, 2.24) is 0 Å². The molecule has 0 amide bonds. The molecule has 0 aromatic rings. The number of esters is 5. The monoisotopic (exact) mass is 374 g/mol. The van der Waals surface area contributed by atoms with Crippen LogP contribution in [0.2, 0.25) is 0 Å². The third-order valence-corrected chi connectivity index (χ3v) is 3.39. The number of hydrogen-bond acceptors (Lipinski definition) is 10. The fourth-order valence-electron chi connectivity index (χ4n) is 2.76. The summed E-state index contributed by atoms with van der Waals surface area (Å²) in [6.45, 7) is 5.63. The van der Waals surface area contributed by atoms with E-state index in [-0.39, 0.29) is 6.42 Å². The van der Waals surface area contributed by atoms with Crippen LogP contribution >= 0.6 is 0 Å². The van der Waals surface area contributed by atoms with Gasteiger partial charge in [-0.1, -0.05) is 0 Å². The zero-order valence-corrected chi connectivity index (χ0v) is 15.2. The largest absolute Gasteiger partial charge is 0.458 e. The molecule has 0 radical (unpaired) electrons. The summed E-state index contributed by atoms with van der Waals surface area (Å²) in [6.07, 6.45) is -6.07. The highest BCUT2D eigenvalue weighted by Crippen LogP contribution is 2.32. The first-order valence-corrected chi connectivity index (χ1v) is 7.87. The highest BCUT2D eigenvalue weighted by Gasteiger charge is 2.53. The van der Waals surface area contributed by atoms with Gasteiger partial charge in [0, 0.05) is 41.0 Å². The van der Waals surface area contributed by atoms with E-state index in [9.17, 15) is 24.0 Å². The fourth-order valence-corrected chi connectivity index (χ4v) is 2.76. The molecular formula is C16H22O10. The van der Waals surface area contributed by atoms with Crippen molar-refractivity contribution >= 4 is 29.8 Å². The Hall–Kier alpha value is -2.65. The van der Waals surface area contributed by atoms with Gasteiger partial charge in [0.1, 0.15) is 12.2 Å². The molecule has 0 bridgehead atoms. The smallest absolute Gasteiger partial charge is 0.303 e. The summed E-state index contributed by atoms with van der Waals surface area (Å²) in [4.78, 5) is 57.2. The predicted octanol–water partition coefficient (Wildman–Crippen LogP) is 0.0486. The minimum absolute atomic E-state index is 0.118. The number of carbonyl (C=O) groups is 5. The third-order valence-electron chi connectivity index (χ3n) is 3.39. The van der Waals surface area contributed by atoms with E-state index < -0.39 is 60.4 Å². The molecule has 0 saturated heterocycles. The molecule has 1 rings (SSSR count). The molecule has 146 valence electrons. The Labute approximate surface area is 150 Å². The second-order valence-corrected chi connectivity index (χ2v) is 5.75. The Morgan fingerprint density at radius 3 is 1.04 bits per heavy atom. The highest BCUT2D eigenvalue weighted by atomic mass is 16.6. The summed E-state index contributed by atoms with van der Waals surface area (Å²) in [5, 5.41) is 0. The van der Waals surface area contributed by atoms with E-state index in [1.165, 1.54) is 0 Å². The van der Waals surface area contributed by atoms with Crippen molar-refractivity contribution in [2.45, 2.75) is 71.6 Å². The maximum absolute atomic E-state index is 11.5.